The highest BCUT2D eigenvalue weighted by Crippen LogP contribution is 2.19. The van der Waals surface area contributed by atoms with Crippen LogP contribution < -0.4 is 0 Å². The maximum Gasteiger partial charge on any atom is 0.406 e. The smallest absolute Gasteiger partial charge is 0.323 e. The van der Waals surface area contributed by atoms with Gasteiger partial charge in [-0.1, -0.05) is 6.08 Å². The van der Waals surface area contributed by atoms with Gasteiger partial charge in [-0.3, -0.25) is 14.3 Å². The van der Waals surface area contributed by atoms with E-state index in [9.17, 15) is 22.8 Å². The number of aromatic nitrogens is 2. The second-order valence-electron chi connectivity index (χ2n) is 4.59. The molecule has 21 heavy (non-hydrogen) atoms. The number of rotatable bonds is 5. The number of Topliss-reactive ketones (excluding diaryl/α,β-unsaturated/α-hetero) is 1. The van der Waals surface area contributed by atoms with E-state index in [0.717, 1.165) is 6.08 Å². The number of carbonyl (C=O) groups excluding carboxylic acids is 2. The number of aryl methyl sites for hydroxylation is 2. The van der Waals surface area contributed by atoms with Crippen molar-refractivity contribution in [3.8, 4) is 0 Å². The predicted molar refractivity (Wildman–Crippen MR) is 69.8 cm³/mol. The van der Waals surface area contributed by atoms with E-state index in [-0.39, 0.29) is 12.1 Å². The molecule has 5 nitrogen and oxygen atoms in total. The lowest BCUT2D eigenvalue weighted by atomic mass is 10.1. The standard InChI is InChI=1S/C13H16F3N3O2/c1-5-6-19(7-13(14,15)16)12(21)11(20)10-8(2)17-18(4)9(10)3/h5H,1,6-7H2,2-4H3. The largest absolute Gasteiger partial charge is 0.406 e. The van der Waals surface area contributed by atoms with Crippen molar-refractivity contribution in [2.24, 2.45) is 7.05 Å². The molecule has 0 aromatic carbocycles. The van der Waals surface area contributed by atoms with Crippen LogP contribution in [0.2, 0.25) is 0 Å². The SMILES string of the molecule is C=CCN(CC(F)(F)F)C(=O)C(=O)c1c(C)nn(C)c1C. The van der Waals surface area contributed by atoms with Gasteiger partial charge in [0.2, 0.25) is 0 Å². The van der Waals surface area contributed by atoms with E-state index in [1.54, 1.807) is 14.0 Å². The lowest BCUT2D eigenvalue weighted by Gasteiger charge is -2.21. The zero-order valence-electron chi connectivity index (χ0n) is 12.0. The first-order chi connectivity index (χ1) is 9.58. The van der Waals surface area contributed by atoms with Crippen LogP contribution in [0.15, 0.2) is 12.7 Å². The molecule has 0 aliphatic carbocycles. The van der Waals surface area contributed by atoms with Gasteiger partial charge in [0.1, 0.15) is 6.54 Å². The Kier molecular flexibility index (Phi) is 4.93. The quantitative estimate of drug-likeness (QED) is 0.473. The van der Waals surface area contributed by atoms with Crippen LogP contribution in [0.1, 0.15) is 21.7 Å². The number of hydrogen-bond acceptors (Lipinski definition) is 3. The molecule has 0 unspecified atom stereocenters. The summed E-state index contributed by atoms with van der Waals surface area (Å²) in [5, 5.41) is 3.98. The van der Waals surface area contributed by atoms with Crippen molar-refractivity contribution in [2.45, 2.75) is 20.0 Å². The molecule has 0 fully saturated rings. The van der Waals surface area contributed by atoms with Gasteiger partial charge in [0.15, 0.2) is 0 Å². The van der Waals surface area contributed by atoms with Crippen molar-refractivity contribution >= 4 is 11.7 Å². The molecule has 0 aliphatic heterocycles. The highest BCUT2D eigenvalue weighted by molar-refractivity contribution is 6.43. The molecule has 0 bridgehead atoms. The van der Waals surface area contributed by atoms with E-state index < -0.39 is 24.4 Å². The minimum absolute atomic E-state index is 0.0405. The number of amides is 1. The molecule has 1 rings (SSSR count). The van der Waals surface area contributed by atoms with Gasteiger partial charge in [0.25, 0.3) is 11.7 Å². The lowest BCUT2D eigenvalue weighted by molar-refractivity contribution is -0.157. The molecule has 1 amide bonds. The van der Waals surface area contributed by atoms with Crippen LogP contribution in [-0.2, 0) is 11.8 Å². The molecule has 1 aromatic heterocycles. The van der Waals surface area contributed by atoms with Crippen molar-refractivity contribution in [1.82, 2.24) is 14.7 Å². The van der Waals surface area contributed by atoms with Crippen molar-refractivity contribution in [2.75, 3.05) is 13.1 Å². The number of alkyl halides is 3. The Morgan fingerprint density at radius 3 is 2.33 bits per heavy atom. The van der Waals surface area contributed by atoms with E-state index in [2.05, 4.69) is 11.7 Å². The van der Waals surface area contributed by atoms with Crippen LogP contribution in [0.25, 0.3) is 0 Å². The van der Waals surface area contributed by atoms with Gasteiger partial charge in [-0.05, 0) is 13.8 Å². The second kappa shape index (κ2) is 6.11. The average Bonchev–Trinajstić information content (AvgIpc) is 2.59. The summed E-state index contributed by atoms with van der Waals surface area (Å²) in [5.74, 6) is -2.21. The lowest BCUT2D eigenvalue weighted by Crippen LogP contribution is -2.42. The van der Waals surface area contributed by atoms with Gasteiger partial charge in [-0.2, -0.15) is 18.3 Å². The summed E-state index contributed by atoms with van der Waals surface area (Å²) >= 11 is 0. The fourth-order valence-electron chi connectivity index (χ4n) is 1.94. The first-order valence-electron chi connectivity index (χ1n) is 6.10. The van der Waals surface area contributed by atoms with E-state index >= 15 is 0 Å². The molecule has 0 spiro atoms. The summed E-state index contributed by atoms with van der Waals surface area (Å²) in [6.07, 6.45) is -3.45. The molecular weight excluding hydrogens is 287 g/mol. The van der Waals surface area contributed by atoms with Crippen molar-refractivity contribution in [1.29, 1.82) is 0 Å². The average molecular weight is 303 g/mol. The molecule has 0 saturated heterocycles. The first-order valence-corrected chi connectivity index (χ1v) is 6.10. The summed E-state index contributed by atoms with van der Waals surface area (Å²) in [5.41, 5.74) is 0.772. The monoisotopic (exact) mass is 303 g/mol. The Bertz CT molecular complexity index is 576. The summed E-state index contributed by atoms with van der Waals surface area (Å²) in [6.45, 7) is 4.53. The molecule has 0 atom stereocenters. The van der Waals surface area contributed by atoms with Crippen LogP contribution in [0, 0.1) is 13.8 Å². The van der Waals surface area contributed by atoms with Gasteiger partial charge >= 0.3 is 6.18 Å². The van der Waals surface area contributed by atoms with Gasteiger partial charge in [-0.15, -0.1) is 6.58 Å². The summed E-state index contributed by atoms with van der Waals surface area (Å²) in [7, 11) is 1.58. The van der Waals surface area contributed by atoms with Gasteiger partial charge in [0.05, 0.1) is 11.3 Å². The number of hydrogen-bond donors (Lipinski definition) is 0. The van der Waals surface area contributed by atoms with Crippen molar-refractivity contribution in [3.63, 3.8) is 0 Å². The number of ketones is 1. The minimum Gasteiger partial charge on any atom is -0.323 e. The second-order valence-corrected chi connectivity index (χ2v) is 4.59. The third-order valence-electron chi connectivity index (χ3n) is 2.94. The zero-order chi connectivity index (χ0) is 16.4. The summed E-state index contributed by atoms with van der Waals surface area (Å²) < 4.78 is 38.8. The molecule has 0 aliphatic rings. The van der Waals surface area contributed by atoms with Crippen LogP contribution in [0.3, 0.4) is 0 Å². The molecule has 8 heteroatoms. The van der Waals surface area contributed by atoms with Gasteiger partial charge in [0, 0.05) is 19.3 Å². The normalized spacial score (nSPS) is 11.3. The highest BCUT2D eigenvalue weighted by Gasteiger charge is 2.36. The van der Waals surface area contributed by atoms with E-state index in [1.165, 1.54) is 11.6 Å². The third kappa shape index (κ3) is 3.93. The Hall–Kier alpha value is -2.12. The van der Waals surface area contributed by atoms with Gasteiger partial charge in [-0.25, -0.2) is 0 Å². The van der Waals surface area contributed by atoms with Crippen LogP contribution in [0.4, 0.5) is 13.2 Å². The maximum absolute atomic E-state index is 12.5. The first kappa shape index (κ1) is 16.9. The highest BCUT2D eigenvalue weighted by atomic mass is 19.4. The Labute approximate surface area is 120 Å². The molecule has 0 saturated carbocycles. The Balaban J connectivity index is 3.08. The van der Waals surface area contributed by atoms with E-state index in [0.29, 0.717) is 16.3 Å². The summed E-state index contributed by atoms with van der Waals surface area (Å²) in [6, 6.07) is 0. The fourth-order valence-corrected chi connectivity index (χ4v) is 1.94. The topological polar surface area (TPSA) is 55.2 Å². The number of nitrogens with zero attached hydrogens (tertiary/aromatic N) is 3. The van der Waals surface area contributed by atoms with Crippen LogP contribution >= 0.6 is 0 Å². The maximum atomic E-state index is 12.5. The molecule has 0 N–H and O–H groups in total. The van der Waals surface area contributed by atoms with E-state index in [4.69, 9.17) is 0 Å². The molecule has 1 aromatic rings. The minimum atomic E-state index is -4.59. The predicted octanol–water partition coefficient (Wildman–Crippen LogP) is 1.80. The number of carbonyl (C=O) groups is 2. The van der Waals surface area contributed by atoms with E-state index in [1.807, 2.05) is 0 Å². The molecule has 1 heterocycles. The molecular formula is C13H16F3N3O2. The third-order valence-corrected chi connectivity index (χ3v) is 2.94. The van der Waals surface area contributed by atoms with Crippen molar-refractivity contribution in [3.05, 3.63) is 29.6 Å². The Morgan fingerprint density at radius 1 is 1.38 bits per heavy atom. The molecule has 116 valence electrons. The van der Waals surface area contributed by atoms with Gasteiger partial charge < -0.3 is 4.90 Å². The zero-order valence-corrected chi connectivity index (χ0v) is 12.0. The number of halogens is 3. The molecule has 0 radical (unpaired) electrons. The summed E-state index contributed by atoms with van der Waals surface area (Å²) in [4.78, 5) is 24.6. The van der Waals surface area contributed by atoms with Crippen LogP contribution in [0.5, 0.6) is 0 Å². The van der Waals surface area contributed by atoms with Crippen molar-refractivity contribution < 1.29 is 22.8 Å². The fraction of sp³-hybridized carbons (Fsp3) is 0.462. The Morgan fingerprint density at radius 2 is 1.95 bits per heavy atom. The van der Waals surface area contributed by atoms with Crippen LogP contribution in [-0.4, -0.2) is 45.6 Å².